The molecule has 0 bridgehead atoms. The third-order valence-corrected chi connectivity index (χ3v) is 3.92. The number of anilines is 1. The number of alkyl halides is 3. The first-order valence-corrected chi connectivity index (χ1v) is 8.25. The Labute approximate surface area is 149 Å². The number of hydrogen-bond donors (Lipinski definition) is 1. The van der Waals surface area contributed by atoms with Crippen LogP contribution >= 0.6 is 0 Å². The second kappa shape index (κ2) is 7.16. The first-order valence-electron chi connectivity index (χ1n) is 8.25. The van der Waals surface area contributed by atoms with E-state index in [0.29, 0.717) is 12.8 Å². The number of nitrogens with one attached hydrogen (secondary N) is 1. The van der Waals surface area contributed by atoms with Crippen molar-refractivity contribution in [3.63, 3.8) is 0 Å². The van der Waals surface area contributed by atoms with Crippen LogP contribution in [0.4, 0.5) is 23.7 Å². The van der Waals surface area contributed by atoms with E-state index in [1.54, 1.807) is 27.8 Å². The molecule has 1 aromatic rings. The number of carbonyl (C=O) groups is 2. The summed E-state index contributed by atoms with van der Waals surface area (Å²) in [5.74, 6) is -1.94. The lowest BCUT2D eigenvalue weighted by Crippen LogP contribution is -2.47. The molecule has 1 aliphatic rings. The fourth-order valence-electron chi connectivity index (χ4n) is 2.96. The van der Waals surface area contributed by atoms with E-state index in [1.807, 2.05) is 0 Å². The molecule has 2 unspecified atom stereocenters. The van der Waals surface area contributed by atoms with Gasteiger partial charge >= 0.3 is 18.2 Å². The summed E-state index contributed by atoms with van der Waals surface area (Å²) in [7, 11) is 1.56. The predicted molar refractivity (Wildman–Crippen MR) is 87.5 cm³/mol. The Morgan fingerprint density at radius 1 is 1.31 bits per heavy atom. The van der Waals surface area contributed by atoms with E-state index < -0.39 is 29.8 Å². The molecule has 2 rings (SSSR count). The molecule has 1 aromatic heterocycles. The number of carbonyl (C=O) groups excluding carboxylic acids is 2. The molecule has 0 radical (unpaired) electrons. The molecule has 2 amide bonds. The first kappa shape index (κ1) is 20.1. The van der Waals surface area contributed by atoms with Crippen molar-refractivity contribution >= 4 is 17.7 Å². The smallest absolute Gasteiger partial charge is 0.444 e. The lowest BCUT2D eigenvalue weighted by molar-refractivity contribution is -0.171. The lowest BCUT2D eigenvalue weighted by atomic mass is 10.2. The maximum Gasteiger partial charge on any atom is 0.471 e. The van der Waals surface area contributed by atoms with Gasteiger partial charge in [-0.2, -0.15) is 18.3 Å². The summed E-state index contributed by atoms with van der Waals surface area (Å²) in [4.78, 5) is 24.5. The van der Waals surface area contributed by atoms with Gasteiger partial charge in [0.25, 0.3) is 0 Å². The van der Waals surface area contributed by atoms with Crippen LogP contribution < -0.4 is 10.2 Å². The molecule has 2 atom stereocenters. The number of hydrogen-bond acceptors (Lipinski definition) is 4. The maximum absolute atomic E-state index is 13.0. The average Bonchev–Trinajstić information content (AvgIpc) is 3.06. The number of halogens is 3. The molecule has 7 nitrogen and oxygen atoms in total. The molecule has 0 spiro atoms. The van der Waals surface area contributed by atoms with Crippen molar-refractivity contribution < 1.29 is 27.5 Å². The summed E-state index contributed by atoms with van der Waals surface area (Å²) in [5.41, 5.74) is -0.589. The Balaban J connectivity index is 2.10. The molecular weight excluding hydrogens is 353 g/mol. The molecule has 0 aromatic carbocycles. The van der Waals surface area contributed by atoms with Crippen LogP contribution in [0.5, 0.6) is 0 Å². The molecule has 1 fully saturated rings. The molecular formula is C16H23F3N4O3. The Kier molecular flexibility index (Phi) is 5.52. The number of aryl methyl sites for hydroxylation is 1. The van der Waals surface area contributed by atoms with Crippen LogP contribution in [0.15, 0.2) is 12.4 Å². The van der Waals surface area contributed by atoms with E-state index in [2.05, 4.69) is 10.4 Å². The number of nitrogens with zero attached hydrogens (tertiary/aromatic N) is 3. The van der Waals surface area contributed by atoms with E-state index in [1.165, 1.54) is 17.1 Å². The van der Waals surface area contributed by atoms with Gasteiger partial charge in [-0.05, 0) is 40.0 Å². The maximum atomic E-state index is 13.0. The predicted octanol–water partition coefficient (Wildman–Crippen LogP) is 2.76. The largest absolute Gasteiger partial charge is 0.471 e. The zero-order chi connectivity index (χ0) is 19.7. The summed E-state index contributed by atoms with van der Waals surface area (Å²) >= 11 is 0. The van der Waals surface area contributed by atoms with Crippen LogP contribution in [0.1, 0.15) is 40.0 Å². The van der Waals surface area contributed by atoms with E-state index in [0.717, 1.165) is 4.90 Å². The third-order valence-electron chi connectivity index (χ3n) is 3.92. The standard InChI is InChI=1S/C16H23F3N4O3/c1-15(2,3)26-14(25)21-10-5-6-11(7-10)23(13(24)16(17,18)19)12-8-20-22(4)9-12/h8-11H,5-7H2,1-4H3,(H,21,25). The Hall–Kier alpha value is -2.26. The van der Waals surface area contributed by atoms with Crippen LogP contribution in [0.3, 0.4) is 0 Å². The average molecular weight is 376 g/mol. The van der Waals surface area contributed by atoms with E-state index in [-0.39, 0.29) is 18.2 Å². The second-order valence-electron chi connectivity index (χ2n) is 7.36. The van der Waals surface area contributed by atoms with Crippen molar-refractivity contribution in [1.29, 1.82) is 0 Å². The van der Waals surface area contributed by atoms with Crippen molar-refractivity contribution in [2.75, 3.05) is 4.90 Å². The van der Waals surface area contributed by atoms with Crippen molar-refractivity contribution in [3.05, 3.63) is 12.4 Å². The second-order valence-corrected chi connectivity index (χ2v) is 7.36. The minimum absolute atomic E-state index is 0.0812. The molecule has 10 heteroatoms. The minimum atomic E-state index is -4.99. The summed E-state index contributed by atoms with van der Waals surface area (Å²) < 4.78 is 45.6. The third kappa shape index (κ3) is 5.12. The van der Waals surface area contributed by atoms with Gasteiger partial charge in [0, 0.05) is 25.3 Å². The van der Waals surface area contributed by atoms with Gasteiger partial charge in [0.1, 0.15) is 5.60 Å². The van der Waals surface area contributed by atoms with Crippen molar-refractivity contribution in [2.45, 2.75) is 63.9 Å². The minimum Gasteiger partial charge on any atom is -0.444 e. The van der Waals surface area contributed by atoms with E-state index in [9.17, 15) is 22.8 Å². The van der Waals surface area contributed by atoms with Crippen LogP contribution in [0, 0.1) is 0 Å². The van der Waals surface area contributed by atoms with Crippen LogP contribution in [-0.4, -0.2) is 45.6 Å². The Morgan fingerprint density at radius 3 is 2.46 bits per heavy atom. The zero-order valence-electron chi connectivity index (χ0n) is 15.1. The summed E-state index contributed by atoms with van der Waals surface area (Å²) in [6.07, 6.45) is -2.06. The Bertz CT molecular complexity index is 666. The summed E-state index contributed by atoms with van der Waals surface area (Å²) in [5, 5.41) is 6.50. The van der Waals surface area contributed by atoms with Crippen molar-refractivity contribution in [2.24, 2.45) is 7.05 Å². The first-order chi connectivity index (χ1) is 11.9. The molecule has 1 aliphatic carbocycles. The zero-order valence-corrected chi connectivity index (χ0v) is 15.1. The topological polar surface area (TPSA) is 76.5 Å². The molecule has 26 heavy (non-hydrogen) atoms. The number of ether oxygens (including phenoxy) is 1. The Morgan fingerprint density at radius 2 is 1.96 bits per heavy atom. The number of amides is 2. The van der Waals surface area contributed by atoms with Gasteiger partial charge in [-0.1, -0.05) is 0 Å². The normalized spacial score (nSPS) is 20.7. The van der Waals surface area contributed by atoms with Crippen molar-refractivity contribution in [1.82, 2.24) is 15.1 Å². The van der Waals surface area contributed by atoms with Crippen LogP contribution in [0.2, 0.25) is 0 Å². The van der Waals surface area contributed by atoms with Crippen LogP contribution in [-0.2, 0) is 16.6 Å². The highest BCUT2D eigenvalue weighted by atomic mass is 19.4. The molecule has 1 N–H and O–H groups in total. The molecule has 146 valence electrons. The van der Waals surface area contributed by atoms with E-state index in [4.69, 9.17) is 4.74 Å². The van der Waals surface area contributed by atoms with E-state index >= 15 is 0 Å². The fourth-order valence-corrected chi connectivity index (χ4v) is 2.96. The monoisotopic (exact) mass is 376 g/mol. The van der Waals surface area contributed by atoms with Gasteiger partial charge in [0.2, 0.25) is 0 Å². The summed E-state index contributed by atoms with van der Waals surface area (Å²) in [6, 6.07) is -1.05. The number of aromatic nitrogens is 2. The highest BCUT2D eigenvalue weighted by Crippen LogP contribution is 2.32. The quantitative estimate of drug-likeness (QED) is 0.880. The van der Waals surface area contributed by atoms with Crippen molar-refractivity contribution in [3.8, 4) is 0 Å². The molecule has 0 aliphatic heterocycles. The highest BCUT2D eigenvalue weighted by Gasteiger charge is 2.47. The fraction of sp³-hybridized carbons (Fsp3) is 0.688. The van der Waals surface area contributed by atoms with Gasteiger partial charge < -0.3 is 10.1 Å². The lowest BCUT2D eigenvalue weighted by Gasteiger charge is -2.28. The highest BCUT2D eigenvalue weighted by molar-refractivity contribution is 5.97. The van der Waals surface area contributed by atoms with Gasteiger partial charge in [0.05, 0.1) is 11.9 Å². The number of alkyl carbamates (subject to hydrolysis) is 1. The molecule has 0 saturated heterocycles. The molecule has 1 heterocycles. The van der Waals surface area contributed by atoms with Crippen LogP contribution in [0.25, 0.3) is 0 Å². The molecule has 1 saturated carbocycles. The van der Waals surface area contributed by atoms with Gasteiger partial charge in [0.15, 0.2) is 0 Å². The van der Waals surface area contributed by atoms with Gasteiger partial charge in [-0.25, -0.2) is 4.79 Å². The van der Waals surface area contributed by atoms with Gasteiger partial charge in [-0.15, -0.1) is 0 Å². The summed E-state index contributed by atoms with van der Waals surface area (Å²) in [6.45, 7) is 5.16. The van der Waals surface area contributed by atoms with Gasteiger partial charge in [-0.3, -0.25) is 14.4 Å². The SMILES string of the molecule is Cn1cc(N(C(=O)C(F)(F)F)C2CCC(NC(=O)OC(C)(C)C)C2)cn1. The number of rotatable bonds is 3.